The molecule has 0 spiro atoms. The van der Waals surface area contributed by atoms with Gasteiger partial charge < -0.3 is 20.3 Å². The Kier molecular flexibility index (Phi) is 11.7. The molecule has 1 aromatic heterocycles. The van der Waals surface area contributed by atoms with Gasteiger partial charge in [-0.05, 0) is 53.9 Å². The van der Waals surface area contributed by atoms with E-state index in [4.69, 9.17) is 9.84 Å². The van der Waals surface area contributed by atoms with Gasteiger partial charge in [-0.15, -0.1) is 0 Å². The number of rotatable bonds is 12. The number of esters is 1. The number of aromatic carboxylic acids is 1. The lowest BCUT2D eigenvalue weighted by molar-refractivity contribution is -0.144. The van der Waals surface area contributed by atoms with Crippen molar-refractivity contribution >= 4 is 17.6 Å². The molecule has 3 N–H and O–H groups in total. The largest absolute Gasteiger partial charge is 0.506 e. The number of nitrogens with zero attached hydrogens (tertiary/aromatic N) is 2. The SMILES string of the molecule is CCCCc1ncc(CNc2ccccc2O)n1-c1ccc(CC(=O)OCc2ccccc2)cc1.O=C(O)c1ccccc1. The summed E-state index contributed by atoms with van der Waals surface area (Å²) in [4.78, 5) is 27.2. The van der Waals surface area contributed by atoms with Gasteiger partial charge in [0.15, 0.2) is 0 Å². The first-order chi connectivity index (χ1) is 21.4. The third kappa shape index (κ3) is 9.32. The molecule has 5 rings (SSSR count). The molecule has 0 atom stereocenters. The van der Waals surface area contributed by atoms with Gasteiger partial charge in [0.25, 0.3) is 0 Å². The predicted octanol–water partition coefficient (Wildman–Crippen LogP) is 7.20. The van der Waals surface area contributed by atoms with Crippen LogP contribution in [0.15, 0.2) is 115 Å². The van der Waals surface area contributed by atoms with Gasteiger partial charge in [-0.25, -0.2) is 9.78 Å². The van der Waals surface area contributed by atoms with Crippen molar-refractivity contribution in [2.24, 2.45) is 0 Å². The lowest BCUT2D eigenvalue weighted by Crippen LogP contribution is -2.10. The number of aromatic nitrogens is 2. The number of ether oxygens (including phenoxy) is 1. The van der Waals surface area contributed by atoms with E-state index in [9.17, 15) is 14.7 Å². The van der Waals surface area contributed by atoms with Gasteiger partial charge in [0.1, 0.15) is 18.2 Å². The average molecular weight is 592 g/mol. The van der Waals surface area contributed by atoms with Gasteiger partial charge in [0.2, 0.25) is 0 Å². The number of aromatic hydroxyl groups is 1. The second-order valence-electron chi connectivity index (χ2n) is 10.1. The van der Waals surface area contributed by atoms with E-state index in [1.54, 1.807) is 42.5 Å². The van der Waals surface area contributed by atoms with Crippen LogP contribution in [-0.2, 0) is 35.5 Å². The Labute approximate surface area is 257 Å². The fourth-order valence-electron chi connectivity index (χ4n) is 4.49. The van der Waals surface area contributed by atoms with E-state index in [0.717, 1.165) is 47.6 Å². The molecule has 0 unspecified atom stereocenters. The molecule has 0 aliphatic carbocycles. The van der Waals surface area contributed by atoms with Gasteiger partial charge in [0.05, 0.1) is 36.1 Å². The molecular formula is C36H37N3O5. The fraction of sp³-hybridized carbons (Fsp3) is 0.194. The Balaban J connectivity index is 0.000000421. The number of hydrogen-bond donors (Lipinski definition) is 3. The first-order valence-electron chi connectivity index (χ1n) is 14.6. The molecule has 0 saturated heterocycles. The Morgan fingerprint density at radius 3 is 2.14 bits per heavy atom. The average Bonchev–Trinajstić information content (AvgIpc) is 3.46. The second kappa shape index (κ2) is 16.3. The number of benzene rings is 4. The quantitative estimate of drug-likeness (QED) is 0.104. The third-order valence-electron chi connectivity index (χ3n) is 6.83. The van der Waals surface area contributed by atoms with E-state index in [1.807, 2.05) is 72.9 Å². The molecule has 0 saturated carbocycles. The molecule has 0 aliphatic heterocycles. The van der Waals surface area contributed by atoms with Crippen LogP contribution in [0.4, 0.5) is 5.69 Å². The summed E-state index contributed by atoms with van der Waals surface area (Å²) in [6.07, 6.45) is 5.12. The summed E-state index contributed by atoms with van der Waals surface area (Å²) >= 11 is 0. The number of carbonyl (C=O) groups is 2. The molecule has 8 heteroatoms. The van der Waals surface area contributed by atoms with E-state index < -0.39 is 5.97 Å². The van der Waals surface area contributed by atoms with Crippen LogP contribution < -0.4 is 5.32 Å². The Hall–Kier alpha value is -5.37. The maximum Gasteiger partial charge on any atom is 0.335 e. The molecule has 5 aromatic rings. The summed E-state index contributed by atoms with van der Waals surface area (Å²) in [6.45, 7) is 2.96. The summed E-state index contributed by atoms with van der Waals surface area (Å²) in [5, 5.41) is 21.8. The van der Waals surface area contributed by atoms with Crippen molar-refractivity contribution in [3.63, 3.8) is 0 Å². The first-order valence-corrected chi connectivity index (χ1v) is 14.6. The van der Waals surface area contributed by atoms with Crippen molar-refractivity contribution in [2.75, 3.05) is 5.32 Å². The molecule has 0 aliphatic rings. The highest BCUT2D eigenvalue weighted by atomic mass is 16.5. The highest BCUT2D eigenvalue weighted by Gasteiger charge is 2.13. The van der Waals surface area contributed by atoms with Crippen LogP contribution >= 0.6 is 0 Å². The highest BCUT2D eigenvalue weighted by Crippen LogP contribution is 2.24. The zero-order valence-corrected chi connectivity index (χ0v) is 24.7. The number of carboxylic acids is 1. The van der Waals surface area contributed by atoms with Crippen LogP contribution in [0.3, 0.4) is 0 Å². The number of carboxylic acid groups (broad SMARTS) is 1. The van der Waals surface area contributed by atoms with Gasteiger partial charge >= 0.3 is 11.9 Å². The molecule has 8 nitrogen and oxygen atoms in total. The van der Waals surface area contributed by atoms with Crippen molar-refractivity contribution in [3.05, 3.63) is 144 Å². The molecule has 1 heterocycles. The smallest absolute Gasteiger partial charge is 0.335 e. The number of phenolic OH excluding ortho intramolecular Hbond substituents is 1. The third-order valence-corrected chi connectivity index (χ3v) is 6.83. The first kappa shape index (κ1) is 31.6. The zero-order chi connectivity index (χ0) is 31.1. The van der Waals surface area contributed by atoms with Gasteiger partial charge in [-0.3, -0.25) is 9.36 Å². The molecule has 44 heavy (non-hydrogen) atoms. The summed E-state index contributed by atoms with van der Waals surface area (Å²) < 4.78 is 7.57. The van der Waals surface area contributed by atoms with Crippen LogP contribution in [0, 0.1) is 0 Å². The molecular weight excluding hydrogens is 554 g/mol. The van der Waals surface area contributed by atoms with E-state index in [0.29, 0.717) is 17.8 Å². The number of hydrogen-bond acceptors (Lipinski definition) is 6. The predicted molar refractivity (Wildman–Crippen MR) is 171 cm³/mol. The van der Waals surface area contributed by atoms with E-state index in [2.05, 4.69) is 21.8 Å². The molecule has 0 radical (unpaired) electrons. The molecule has 4 aromatic carbocycles. The molecule has 226 valence electrons. The summed E-state index contributed by atoms with van der Waals surface area (Å²) in [5.41, 5.74) is 4.87. The second-order valence-corrected chi connectivity index (χ2v) is 10.1. The molecule has 0 fully saturated rings. The van der Waals surface area contributed by atoms with Crippen LogP contribution in [0.2, 0.25) is 0 Å². The summed E-state index contributed by atoms with van der Waals surface area (Å²) in [6, 6.07) is 33.1. The number of aryl methyl sites for hydroxylation is 1. The van der Waals surface area contributed by atoms with Crippen LogP contribution in [0.1, 0.15) is 52.8 Å². The van der Waals surface area contributed by atoms with Crippen molar-refractivity contribution < 1.29 is 24.5 Å². The minimum atomic E-state index is -0.879. The van der Waals surface area contributed by atoms with E-state index in [1.165, 1.54) is 0 Å². The van der Waals surface area contributed by atoms with Gasteiger partial charge in [-0.2, -0.15) is 0 Å². The number of unbranched alkanes of at least 4 members (excludes halogenated alkanes) is 1. The maximum atomic E-state index is 12.3. The topological polar surface area (TPSA) is 114 Å². The minimum Gasteiger partial charge on any atom is -0.506 e. The monoisotopic (exact) mass is 591 g/mol. The summed E-state index contributed by atoms with van der Waals surface area (Å²) in [5.74, 6) is 0.0836. The molecule has 0 amide bonds. The zero-order valence-electron chi connectivity index (χ0n) is 24.7. The number of anilines is 1. The van der Waals surface area contributed by atoms with Crippen LogP contribution in [-0.4, -0.2) is 31.7 Å². The number of carbonyl (C=O) groups excluding carboxylic acids is 1. The van der Waals surface area contributed by atoms with Crippen molar-refractivity contribution in [1.29, 1.82) is 0 Å². The van der Waals surface area contributed by atoms with Gasteiger partial charge in [0, 0.05) is 12.1 Å². The van der Waals surface area contributed by atoms with E-state index in [-0.39, 0.29) is 24.7 Å². The number of para-hydroxylation sites is 2. The van der Waals surface area contributed by atoms with Crippen LogP contribution in [0.5, 0.6) is 5.75 Å². The Bertz CT molecular complexity index is 1620. The van der Waals surface area contributed by atoms with Crippen molar-refractivity contribution in [2.45, 2.75) is 45.8 Å². The maximum absolute atomic E-state index is 12.3. The number of phenols is 1. The standard InChI is InChI=1S/C29H31N3O3.C7H6O2/c1-2-3-13-28-31-20-25(19-30-26-11-7-8-12-27(26)33)32(28)24-16-14-22(15-17-24)18-29(34)35-21-23-9-5-4-6-10-23;8-7(9)6-4-2-1-3-5-6/h4-12,14-17,20,30,33H,2-3,13,18-19,21H2,1H3;1-5H,(H,8,9). The Morgan fingerprint density at radius 2 is 1.50 bits per heavy atom. The van der Waals surface area contributed by atoms with Gasteiger partial charge in [-0.1, -0.05) is 86.1 Å². The summed E-state index contributed by atoms with van der Waals surface area (Å²) in [7, 11) is 0. The fourth-order valence-corrected chi connectivity index (χ4v) is 4.49. The van der Waals surface area contributed by atoms with Crippen LogP contribution in [0.25, 0.3) is 5.69 Å². The lowest BCUT2D eigenvalue weighted by Gasteiger charge is -2.14. The Morgan fingerprint density at radius 1 is 0.841 bits per heavy atom. The minimum absolute atomic E-state index is 0.216. The molecule has 0 bridgehead atoms. The lowest BCUT2D eigenvalue weighted by atomic mass is 10.1. The highest BCUT2D eigenvalue weighted by molar-refractivity contribution is 5.87. The van der Waals surface area contributed by atoms with Crippen molar-refractivity contribution in [3.8, 4) is 11.4 Å². The van der Waals surface area contributed by atoms with E-state index >= 15 is 0 Å². The number of imidazole rings is 1. The number of nitrogens with one attached hydrogen (secondary N) is 1. The van der Waals surface area contributed by atoms with Crippen molar-refractivity contribution in [1.82, 2.24) is 9.55 Å². The normalized spacial score (nSPS) is 10.4.